The normalized spacial score (nSPS) is 19.8. The van der Waals surface area contributed by atoms with Gasteiger partial charge in [-0.3, -0.25) is 4.79 Å². The van der Waals surface area contributed by atoms with Crippen molar-refractivity contribution in [3.63, 3.8) is 0 Å². The molecule has 1 aromatic rings. The molecule has 1 saturated carbocycles. The number of rotatable bonds is 4. The van der Waals surface area contributed by atoms with E-state index in [0.29, 0.717) is 30.0 Å². The number of piperidine rings is 1. The molecule has 3 rings (SSSR count). The third kappa shape index (κ3) is 3.62. The van der Waals surface area contributed by atoms with E-state index in [4.69, 9.17) is 0 Å². The van der Waals surface area contributed by atoms with Crippen molar-refractivity contribution in [3.8, 4) is 0 Å². The Morgan fingerprint density at radius 2 is 2.00 bits per heavy atom. The van der Waals surface area contributed by atoms with Crippen molar-refractivity contribution < 1.29 is 9.18 Å². The molecule has 1 aliphatic carbocycles. The summed E-state index contributed by atoms with van der Waals surface area (Å²) in [6, 6.07) is 5.83. The zero-order chi connectivity index (χ0) is 14.8. The topological polar surface area (TPSA) is 32.3 Å². The van der Waals surface area contributed by atoms with Crippen LogP contribution in [0.3, 0.4) is 0 Å². The van der Waals surface area contributed by atoms with Crippen molar-refractivity contribution >= 4 is 5.91 Å². The number of aryl methyl sites for hydroxylation is 1. The van der Waals surface area contributed by atoms with E-state index in [1.54, 1.807) is 13.0 Å². The van der Waals surface area contributed by atoms with E-state index in [-0.39, 0.29) is 5.82 Å². The van der Waals surface area contributed by atoms with E-state index >= 15 is 0 Å². The van der Waals surface area contributed by atoms with Crippen LogP contribution in [-0.4, -0.2) is 29.9 Å². The molecule has 1 aromatic carbocycles. The molecule has 1 heterocycles. The summed E-state index contributed by atoms with van der Waals surface area (Å²) in [7, 11) is 0. The van der Waals surface area contributed by atoms with Gasteiger partial charge in [-0.05, 0) is 49.8 Å². The summed E-state index contributed by atoms with van der Waals surface area (Å²) in [5, 5.41) is 3.48. The van der Waals surface area contributed by atoms with Crippen molar-refractivity contribution in [3.05, 3.63) is 35.1 Å². The van der Waals surface area contributed by atoms with Crippen molar-refractivity contribution in [1.82, 2.24) is 10.2 Å². The van der Waals surface area contributed by atoms with Gasteiger partial charge in [0.2, 0.25) is 5.91 Å². The molecule has 3 nitrogen and oxygen atoms in total. The molecule has 1 amide bonds. The Hall–Kier alpha value is -1.42. The third-order valence-electron chi connectivity index (χ3n) is 4.56. The fraction of sp³-hybridized carbons (Fsp3) is 0.588. The van der Waals surface area contributed by atoms with Gasteiger partial charge in [0.25, 0.3) is 0 Å². The smallest absolute Gasteiger partial charge is 0.225 e. The van der Waals surface area contributed by atoms with E-state index < -0.39 is 0 Å². The Morgan fingerprint density at radius 1 is 1.29 bits per heavy atom. The van der Waals surface area contributed by atoms with E-state index in [1.807, 2.05) is 17.0 Å². The van der Waals surface area contributed by atoms with Crippen molar-refractivity contribution in [2.45, 2.75) is 45.2 Å². The van der Waals surface area contributed by atoms with Gasteiger partial charge in [0.15, 0.2) is 0 Å². The molecule has 21 heavy (non-hydrogen) atoms. The quantitative estimate of drug-likeness (QED) is 0.924. The second-order valence-corrected chi connectivity index (χ2v) is 6.34. The van der Waals surface area contributed by atoms with Crippen molar-refractivity contribution in [2.24, 2.45) is 5.92 Å². The first-order valence-corrected chi connectivity index (χ1v) is 7.90. The fourth-order valence-corrected chi connectivity index (χ4v) is 2.90. The van der Waals surface area contributed by atoms with Crippen molar-refractivity contribution in [2.75, 3.05) is 13.1 Å². The molecular formula is C17H23FN2O. The standard InChI is InChI=1S/C17H23FN2O/c1-12-2-3-13(10-16(12)18)11-19-15-6-8-20(9-7-15)17(21)14-4-5-14/h2-3,10,14-15,19H,4-9,11H2,1H3. The molecule has 2 fully saturated rings. The number of nitrogens with one attached hydrogen (secondary N) is 1. The van der Waals surface area contributed by atoms with Crippen LogP contribution in [0, 0.1) is 18.7 Å². The van der Waals surface area contributed by atoms with Gasteiger partial charge in [-0.15, -0.1) is 0 Å². The minimum atomic E-state index is -0.140. The minimum Gasteiger partial charge on any atom is -0.342 e. The number of carbonyl (C=O) groups excluding carboxylic acids is 1. The van der Waals surface area contributed by atoms with Crippen LogP contribution in [0.2, 0.25) is 0 Å². The summed E-state index contributed by atoms with van der Waals surface area (Å²) in [6.07, 6.45) is 4.14. The number of amides is 1. The third-order valence-corrected chi connectivity index (χ3v) is 4.56. The number of likely N-dealkylation sites (tertiary alicyclic amines) is 1. The van der Waals surface area contributed by atoms with E-state index in [1.165, 1.54) is 0 Å². The van der Waals surface area contributed by atoms with Gasteiger partial charge >= 0.3 is 0 Å². The van der Waals surface area contributed by atoms with Gasteiger partial charge in [-0.25, -0.2) is 4.39 Å². The van der Waals surface area contributed by atoms with Gasteiger partial charge in [0.05, 0.1) is 0 Å². The molecule has 4 heteroatoms. The lowest BCUT2D eigenvalue weighted by Gasteiger charge is -2.32. The summed E-state index contributed by atoms with van der Waals surface area (Å²) in [4.78, 5) is 14.0. The largest absolute Gasteiger partial charge is 0.342 e. The summed E-state index contributed by atoms with van der Waals surface area (Å²) in [6.45, 7) is 4.18. The van der Waals surface area contributed by atoms with Gasteiger partial charge in [-0.1, -0.05) is 12.1 Å². The number of nitrogens with zero attached hydrogens (tertiary/aromatic N) is 1. The first kappa shape index (κ1) is 14.5. The van der Waals surface area contributed by atoms with Crippen molar-refractivity contribution in [1.29, 1.82) is 0 Å². The first-order valence-electron chi connectivity index (χ1n) is 7.90. The van der Waals surface area contributed by atoms with Gasteiger partial charge in [-0.2, -0.15) is 0 Å². The zero-order valence-corrected chi connectivity index (χ0v) is 12.6. The SMILES string of the molecule is Cc1ccc(CNC2CCN(C(=O)C3CC3)CC2)cc1F. The maximum Gasteiger partial charge on any atom is 0.225 e. The van der Waals surface area contributed by atoms with Crippen LogP contribution in [0.25, 0.3) is 0 Å². The van der Waals surface area contributed by atoms with Crippen LogP contribution in [0.4, 0.5) is 4.39 Å². The van der Waals surface area contributed by atoms with Gasteiger partial charge in [0, 0.05) is 31.6 Å². The lowest BCUT2D eigenvalue weighted by atomic mass is 10.0. The summed E-state index contributed by atoms with van der Waals surface area (Å²) < 4.78 is 13.5. The molecule has 1 saturated heterocycles. The molecule has 2 aliphatic rings. The summed E-state index contributed by atoms with van der Waals surface area (Å²) >= 11 is 0. The molecule has 0 spiro atoms. The molecule has 0 bridgehead atoms. The highest BCUT2D eigenvalue weighted by Gasteiger charge is 2.34. The molecule has 1 N–H and O–H groups in total. The molecule has 114 valence electrons. The molecule has 0 atom stereocenters. The summed E-state index contributed by atoms with van der Waals surface area (Å²) in [5.41, 5.74) is 1.67. The average molecular weight is 290 g/mol. The average Bonchev–Trinajstić information content (AvgIpc) is 3.33. The Labute approximate surface area is 125 Å². The first-order chi connectivity index (χ1) is 10.1. The summed E-state index contributed by atoms with van der Waals surface area (Å²) in [5.74, 6) is 0.540. The number of benzene rings is 1. The predicted octanol–water partition coefficient (Wildman–Crippen LogP) is 2.62. The van der Waals surface area contributed by atoms with Crippen LogP contribution < -0.4 is 5.32 Å². The molecule has 0 unspecified atom stereocenters. The molecular weight excluding hydrogens is 267 g/mol. The van der Waals surface area contributed by atoms with Crippen LogP contribution in [0.15, 0.2) is 18.2 Å². The second kappa shape index (κ2) is 6.14. The van der Waals surface area contributed by atoms with Gasteiger partial charge in [0.1, 0.15) is 5.82 Å². The van der Waals surface area contributed by atoms with E-state index in [9.17, 15) is 9.18 Å². The molecule has 1 aliphatic heterocycles. The zero-order valence-electron chi connectivity index (χ0n) is 12.6. The maximum absolute atomic E-state index is 13.5. The lowest BCUT2D eigenvalue weighted by Crippen LogP contribution is -2.45. The van der Waals surface area contributed by atoms with Crippen LogP contribution in [0.5, 0.6) is 0 Å². The predicted molar refractivity (Wildman–Crippen MR) is 80.3 cm³/mol. The number of carbonyl (C=O) groups is 1. The number of hydrogen-bond donors (Lipinski definition) is 1. The highest BCUT2D eigenvalue weighted by atomic mass is 19.1. The van der Waals surface area contributed by atoms with Gasteiger partial charge < -0.3 is 10.2 Å². The Morgan fingerprint density at radius 3 is 2.62 bits per heavy atom. The highest BCUT2D eigenvalue weighted by molar-refractivity contribution is 5.81. The minimum absolute atomic E-state index is 0.140. The number of halogens is 1. The Bertz CT molecular complexity index is 520. The fourth-order valence-electron chi connectivity index (χ4n) is 2.90. The Balaban J connectivity index is 1.44. The maximum atomic E-state index is 13.5. The number of hydrogen-bond acceptors (Lipinski definition) is 2. The van der Waals surface area contributed by atoms with E-state index in [2.05, 4.69) is 5.32 Å². The second-order valence-electron chi connectivity index (χ2n) is 6.34. The lowest BCUT2D eigenvalue weighted by molar-refractivity contribution is -0.133. The monoisotopic (exact) mass is 290 g/mol. The van der Waals surface area contributed by atoms with E-state index in [0.717, 1.165) is 44.3 Å². The molecule has 0 radical (unpaired) electrons. The highest BCUT2D eigenvalue weighted by Crippen LogP contribution is 2.31. The molecule has 0 aromatic heterocycles. The van der Waals surface area contributed by atoms with Crippen LogP contribution >= 0.6 is 0 Å². The van der Waals surface area contributed by atoms with Crippen LogP contribution in [0.1, 0.15) is 36.8 Å². The Kier molecular flexibility index (Phi) is 4.24. The van der Waals surface area contributed by atoms with Crippen LogP contribution in [-0.2, 0) is 11.3 Å².